The van der Waals surface area contributed by atoms with Gasteiger partial charge in [-0.3, -0.25) is 4.79 Å². The van der Waals surface area contributed by atoms with E-state index in [-0.39, 0.29) is 11.3 Å². The molecule has 0 spiro atoms. The lowest BCUT2D eigenvalue weighted by molar-refractivity contribution is -0.118. The second-order valence-electron chi connectivity index (χ2n) is 6.79. The van der Waals surface area contributed by atoms with Gasteiger partial charge < -0.3 is 10.2 Å². The van der Waals surface area contributed by atoms with Crippen LogP contribution in [-0.2, 0) is 10.2 Å². The first kappa shape index (κ1) is 14.1. The van der Waals surface area contributed by atoms with Crippen molar-refractivity contribution in [3.05, 3.63) is 71.8 Å². The maximum Gasteiger partial charge on any atom is 0.241 e. The minimum atomic E-state index is -0.510. The minimum absolute atomic E-state index is 0.0743. The molecule has 0 saturated carbocycles. The van der Waals surface area contributed by atoms with Gasteiger partial charge in [0, 0.05) is 11.1 Å². The molecule has 2 heterocycles. The molecule has 2 aliphatic rings. The minimum Gasteiger partial charge on any atom is -0.335 e. The fourth-order valence-corrected chi connectivity index (χ4v) is 3.92. The van der Waals surface area contributed by atoms with Crippen molar-refractivity contribution in [2.75, 3.05) is 11.4 Å². The molecule has 0 bridgehead atoms. The summed E-state index contributed by atoms with van der Waals surface area (Å²) in [6.07, 6.45) is 4.25. The Bertz CT molecular complexity index is 794. The van der Waals surface area contributed by atoms with Crippen LogP contribution in [0.1, 0.15) is 25.0 Å². The molecule has 0 unspecified atom stereocenters. The van der Waals surface area contributed by atoms with Crippen molar-refractivity contribution in [1.29, 1.82) is 0 Å². The Labute approximate surface area is 136 Å². The summed E-state index contributed by atoms with van der Waals surface area (Å²) in [5.74, 6) is 0.0743. The molecule has 1 amide bonds. The van der Waals surface area contributed by atoms with Gasteiger partial charge in [-0.05, 0) is 23.3 Å². The molecular weight excluding hydrogens is 284 g/mol. The van der Waals surface area contributed by atoms with Gasteiger partial charge in [0.25, 0.3) is 0 Å². The number of carbonyl (C=O) groups excluding carboxylic acids is 1. The number of hydrogen-bond donors (Lipinski definition) is 1. The number of amides is 1. The molecule has 2 aliphatic heterocycles. The first-order valence-electron chi connectivity index (χ1n) is 7.97. The Balaban J connectivity index is 1.85. The summed E-state index contributed by atoms with van der Waals surface area (Å²) >= 11 is 0. The van der Waals surface area contributed by atoms with Crippen molar-refractivity contribution in [3.8, 4) is 0 Å². The van der Waals surface area contributed by atoms with E-state index < -0.39 is 5.66 Å². The Morgan fingerprint density at radius 1 is 1.04 bits per heavy atom. The zero-order chi connectivity index (χ0) is 16.1. The second kappa shape index (κ2) is 4.72. The van der Waals surface area contributed by atoms with Gasteiger partial charge in [-0.2, -0.15) is 0 Å². The lowest BCUT2D eigenvalue weighted by atomic mass is 9.75. The van der Waals surface area contributed by atoms with Gasteiger partial charge in [0.05, 0.1) is 6.54 Å². The van der Waals surface area contributed by atoms with Gasteiger partial charge in [-0.1, -0.05) is 68.5 Å². The predicted molar refractivity (Wildman–Crippen MR) is 93.2 cm³/mol. The molecular formula is C20H20N2O. The van der Waals surface area contributed by atoms with Gasteiger partial charge in [0.2, 0.25) is 5.91 Å². The van der Waals surface area contributed by atoms with Crippen molar-refractivity contribution in [2.45, 2.75) is 24.9 Å². The summed E-state index contributed by atoms with van der Waals surface area (Å²) in [5, 5.41) is 3.24. The maximum absolute atomic E-state index is 12.2. The number of rotatable bonds is 2. The average molecular weight is 304 g/mol. The van der Waals surface area contributed by atoms with E-state index in [1.54, 1.807) is 0 Å². The molecule has 3 heteroatoms. The molecule has 116 valence electrons. The number of hydrogen-bond acceptors (Lipinski definition) is 2. The maximum atomic E-state index is 12.2. The number of para-hydroxylation sites is 1. The number of anilines is 1. The second-order valence-corrected chi connectivity index (χ2v) is 6.79. The van der Waals surface area contributed by atoms with Crippen molar-refractivity contribution >= 4 is 17.7 Å². The van der Waals surface area contributed by atoms with Crippen LogP contribution < -0.4 is 10.2 Å². The van der Waals surface area contributed by atoms with Crippen LogP contribution in [0.5, 0.6) is 0 Å². The highest BCUT2D eigenvalue weighted by atomic mass is 16.2. The lowest BCUT2D eigenvalue weighted by Crippen LogP contribution is -2.58. The number of fused-ring (bicyclic) bond motifs is 3. The molecule has 4 rings (SSSR count). The van der Waals surface area contributed by atoms with Gasteiger partial charge in [0.15, 0.2) is 0 Å². The highest BCUT2D eigenvalue weighted by Crippen LogP contribution is 2.52. The fraction of sp³-hybridized carbons (Fsp3) is 0.250. The fourth-order valence-electron chi connectivity index (χ4n) is 3.92. The van der Waals surface area contributed by atoms with E-state index in [1.807, 2.05) is 24.3 Å². The van der Waals surface area contributed by atoms with Crippen LogP contribution >= 0.6 is 0 Å². The summed E-state index contributed by atoms with van der Waals surface area (Å²) < 4.78 is 0. The number of benzene rings is 2. The highest BCUT2D eigenvalue weighted by molar-refractivity contribution is 5.91. The van der Waals surface area contributed by atoms with Crippen LogP contribution in [0.4, 0.5) is 5.69 Å². The third-order valence-electron chi connectivity index (χ3n) is 5.20. The summed E-state index contributed by atoms with van der Waals surface area (Å²) in [6, 6.07) is 18.6. The molecule has 0 aromatic heterocycles. The molecule has 1 N–H and O–H groups in total. The van der Waals surface area contributed by atoms with E-state index in [0.717, 1.165) is 11.3 Å². The lowest BCUT2D eigenvalue weighted by Gasteiger charge is -2.40. The van der Waals surface area contributed by atoms with Gasteiger partial charge in [-0.15, -0.1) is 0 Å². The third-order valence-corrected chi connectivity index (χ3v) is 5.20. The number of carbonyl (C=O) groups is 1. The largest absolute Gasteiger partial charge is 0.335 e. The summed E-state index contributed by atoms with van der Waals surface area (Å²) in [5.41, 5.74) is 2.84. The van der Waals surface area contributed by atoms with Crippen LogP contribution in [0.15, 0.2) is 60.7 Å². The SMILES string of the molecule is CC1(C)c2ccccc2N2CC(=O)N[C@]21/C=C/c1ccccc1. The summed E-state index contributed by atoms with van der Waals surface area (Å²) in [4.78, 5) is 14.4. The van der Waals surface area contributed by atoms with E-state index in [0.29, 0.717) is 6.54 Å². The first-order chi connectivity index (χ1) is 11.0. The molecule has 2 aromatic carbocycles. The zero-order valence-electron chi connectivity index (χ0n) is 13.4. The predicted octanol–water partition coefficient (Wildman–Crippen LogP) is 3.32. The van der Waals surface area contributed by atoms with Gasteiger partial charge in [-0.25, -0.2) is 0 Å². The molecule has 3 nitrogen and oxygen atoms in total. The van der Waals surface area contributed by atoms with Crippen LogP contribution in [0.3, 0.4) is 0 Å². The molecule has 23 heavy (non-hydrogen) atoms. The Kier molecular flexibility index (Phi) is 2.89. The quantitative estimate of drug-likeness (QED) is 0.923. The van der Waals surface area contributed by atoms with Crippen molar-refractivity contribution in [3.63, 3.8) is 0 Å². The van der Waals surface area contributed by atoms with Gasteiger partial charge >= 0.3 is 0 Å². The van der Waals surface area contributed by atoms with E-state index in [9.17, 15) is 4.79 Å². The van der Waals surface area contributed by atoms with E-state index in [2.05, 4.69) is 66.5 Å². The summed E-state index contributed by atoms with van der Waals surface area (Å²) in [7, 11) is 0. The van der Waals surface area contributed by atoms with Crippen LogP contribution in [0.2, 0.25) is 0 Å². The molecule has 1 saturated heterocycles. The molecule has 1 atom stereocenters. The standard InChI is InChI=1S/C20H20N2O/c1-19(2)16-10-6-7-11-17(16)22-14-18(23)21-20(19,22)13-12-15-8-4-3-5-9-15/h3-13H,14H2,1-2H3,(H,21,23)/b13-12+/t20-/m1/s1. The van der Waals surface area contributed by atoms with E-state index in [1.165, 1.54) is 5.56 Å². The number of nitrogens with one attached hydrogen (secondary N) is 1. The highest BCUT2D eigenvalue weighted by Gasteiger charge is 2.59. The van der Waals surface area contributed by atoms with Crippen LogP contribution in [0.25, 0.3) is 6.08 Å². The van der Waals surface area contributed by atoms with E-state index >= 15 is 0 Å². The Hall–Kier alpha value is -2.55. The van der Waals surface area contributed by atoms with Crippen LogP contribution in [-0.4, -0.2) is 18.1 Å². The van der Waals surface area contributed by atoms with Crippen molar-refractivity contribution in [2.24, 2.45) is 0 Å². The topological polar surface area (TPSA) is 32.3 Å². The molecule has 1 fully saturated rings. The molecule has 2 aromatic rings. The average Bonchev–Trinajstić information content (AvgIpc) is 2.99. The molecule has 0 aliphatic carbocycles. The smallest absolute Gasteiger partial charge is 0.241 e. The zero-order valence-corrected chi connectivity index (χ0v) is 13.4. The van der Waals surface area contributed by atoms with Gasteiger partial charge in [0.1, 0.15) is 5.66 Å². The van der Waals surface area contributed by atoms with Crippen molar-refractivity contribution in [1.82, 2.24) is 5.32 Å². The third kappa shape index (κ3) is 1.86. The van der Waals surface area contributed by atoms with Crippen LogP contribution in [0, 0.1) is 0 Å². The monoisotopic (exact) mass is 304 g/mol. The Morgan fingerprint density at radius 2 is 1.74 bits per heavy atom. The normalized spacial score (nSPS) is 24.6. The van der Waals surface area contributed by atoms with E-state index in [4.69, 9.17) is 0 Å². The first-order valence-corrected chi connectivity index (χ1v) is 7.97. The summed E-state index contributed by atoms with van der Waals surface area (Å²) in [6.45, 7) is 4.80. The Morgan fingerprint density at radius 3 is 2.52 bits per heavy atom. The number of nitrogens with zero attached hydrogens (tertiary/aromatic N) is 1. The molecule has 0 radical (unpaired) electrons. The van der Waals surface area contributed by atoms with Crippen molar-refractivity contribution < 1.29 is 4.79 Å².